The fourth-order valence-corrected chi connectivity index (χ4v) is 8.01. The van der Waals surface area contributed by atoms with Crippen molar-refractivity contribution in [1.29, 1.82) is 0 Å². The van der Waals surface area contributed by atoms with Crippen LogP contribution in [0.3, 0.4) is 0 Å². The number of hydrogen-bond acceptors (Lipinski definition) is 18. The fourth-order valence-electron chi connectivity index (χ4n) is 8.01. The van der Waals surface area contributed by atoms with Gasteiger partial charge in [-0.2, -0.15) is 0 Å². The average molecular weight is 1010 g/mol. The predicted octanol–water partition coefficient (Wildman–Crippen LogP) is 6.36. The third-order valence-electron chi connectivity index (χ3n) is 11.6. The van der Waals surface area contributed by atoms with E-state index >= 15 is 0 Å². The molecule has 18 heteroatoms. The molecule has 1 N–H and O–H groups in total. The van der Waals surface area contributed by atoms with Crippen LogP contribution in [0.4, 0.5) is 0 Å². The topological polar surface area (TPSA) is 232 Å². The molecular formula is C56H48O18. The lowest BCUT2D eigenvalue weighted by molar-refractivity contribution is -0.324. The Morgan fingerprint density at radius 2 is 0.662 bits per heavy atom. The van der Waals surface area contributed by atoms with E-state index in [1.807, 2.05) is 0 Å². The maximum Gasteiger partial charge on any atom is 0.338 e. The summed E-state index contributed by atoms with van der Waals surface area (Å²) in [6.07, 6.45) is -17.8. The van der Waals surface area contributed by atoms with Gasteiger partial charge < -0.3 is 52.5 Å². The second-order valence-electron chi connectivity index (χ2n) is 16.7. The lowest BCUT2D eigenvalue weighted by Crippen LogP contribution is -2.65. The molecule has 0 unspecified atom stereocenters. The van der Waals surface area contributed by atoms with Gasteiger partial charge in [0.25, 0.3) is 0 Å². The first-order chi connectivity index (χ1) is 35.9. The highest BCUT2D eigenvalue weighted by molar-refractivity contribution is 5.92. The standard InChI is InChI=1S/C56H48O18/c1-34(57)67-47-45(72-52(61)38-26-14-5-15-27-38)43(70-50(59)36-22-10-3-11-23-36)41(68-55(47)64)33-66-56-48(74-54(63)40-30-18-7-19-31-40)46(73-53(62)39-28-16-6-17-29-39)44(71-51(60)37-24-12-4-13-25-37)42(69-56)32-65-49(58)35-20-8-2-9-21-35/h2-31,41-48,55-56,64H,32-33H2,1H3/t41-,42-,43+,44+,45+,46+,47-,48-,55-,56-/m1/s1. The summed E-state index contributed by atoms with van der Waals surface area (Å²) in [7, 11) is 0. The number of benzene rings is 6. The first-order valence-corrected chi connectivity index (χ1v) is 23.2. The summed E-state index contributed by atoms with van der Waals surface area (Å²) in [6.45, 7) is -0.430. The molecule has 2 aliphatic heterocycles. The van der Waals surface area contributed by atoms with E-state index in [0.29, 0.717) is 0 Å². The molecule has 10 atom stereocenters. The molecule has 380 valence electrons. The van der Waals surface area contributed by atoms with E-state index in [4.69, 9.17) is 47.4 Å². The van der Waals surface area contributed by atoms with Crippen molar-refractivity contribution in [2.45, 2.75) is 68.3 Å². The number of esters is 7. The van der Waals surface area contributed by atoms with E-state index in [0.717, 1.165) is 6.92 Å². The van der Waals surface area contributed by atoms with E-state index in [2.05, 4.69) is 0 Å². The first-order valence-electron chi connectivity index (χ1n) is 23.2. The fraction of sp³-hybridized carbons (Fsp3) is 0.232. The molecule has 0 aromatic heterocycles. The van der Waals surface area contributed by atoms with Crippen LogP contribution in [0.25, 0.3) is 0 Å². The number of carbonyl (C=O) groups is 7. The lowest BCUT2D eigenvalue weighted by atomic mass is 9.96. The minimum absolute atomic E-state index is 0.0299. The number of aliphatic hydroxyl groups excluding tert-OH is 1. The van der Waals surface area contributed by atoms with Crippen molar-refractivity contribution >= 4 is 41.8 Å². The minimum Gasteiger partial charge on any atom is -0.459 e. The van der Waals surface area contributed by atoms with Gasteiger partial charge >= 0.3 is 41.8 Å². The SMILES string of the molecule is CC(=O)O[C@@H]1[C@@H](OC(=O)c2ccccc2)[C@@H](OC(=O)c2ccccc2)[C@@H](CO[C@@H]2O[C@H](COC(=O)c3ccccc3)[C@H](OC(=O)c3ccccc3)[C@H](OC(=O)c3ccccc3)[C@H]2OC(=O)c2ccccc2)O[C@H]1O. The van der Waals surface area contributed by atoms with Crippen LogP contribution in [0, 0.1) is 0 Å². The van der Waals surface area contributed by atoms with Gasteiger partial charge in [-0.3, -0.25) is 4.79 Å². The summed E-state index contributed by atoms with van der Waals surface area (Å²) in [5, 5.41) is 11.5. The second-order valence-corrected chi connectivity index (χ2v) is 16.7. The van der Waals surface area contributed by atoms with Gasteiger partial charge in [0.2, 0.25) is 0 Å². The molecule has 18 nitrogen and oxygen atoms in total. The zero-order chi connectivity index (χ0) is 52.0. The molecule has 0 radical (unpaired) electrons. The smallest absolute Gasteiger partial charge is 0.338 e. The molecule has 74 heavy (non-hydrogen) atoms. The highest BCUT2D eigenvalue weighted by Gasteiger charge is 2.56. The van der Waals surface area contributed by atoms with Crippen molar-refractivity contribution in [2.75, 3.05) is 13.2 Å². The van der Waals surface area contributed by atoms with Gasteiger partial charge in [0, 0.05) is 6.92 Å². The van der Waals surface area contributed by atoms with Crippen molar-refractivity contribution in [3.63, 3.8) is 0 Å². The van der Waals surface area contributed by atoms with Gasteiger partial charge in [0.1, 0.15) is 18.8 Å². The number of hydrogen-bond donors (Lipinski definition) is 1. The molecule has 0 amide bonds. The van der Waals surface area contributed by atoms with Crippen molar-refractivity contribution in [1.82, 2.24) is 0 Å². The summed E-state index contributed by atoms with van der Waals surface area (Å²) < 4.78 is 60.4. The molecule has 0 saturated carbocycles. The average Bonchev–Trinajstić information content (AvgIpc) is 3.43. The zero-order valence-electron chi connectivity index (χ0n) is 39.4. The Balaban J connectivity index is 1.20. The normalized spacial score (nSPS) is 23.2. The third kappa shape index (κ3) is 13.1. The van der Waals surface area contributed by atoms with E-state index in [1.54, 1.807) is 109 Å². The van der Waals surface area contributed by atoms with Crippen molar-refractivity contribution in [3.05, 3.63) is 215 Å². The van der Waals surface area contributed by atoms with E-state index in [-0.39, 0.29) is 33.4 Å². The Morgan fingerprint density at radius 3 is 1.01 bits per heavy atom. The van der Waals surface area contributed by atoms with Gasteiger partial charge in [-0.05, 0) is 72.8 Å². The summed E-state index contributed by atoms with van der Waals surface area (Å²) in [4.78, 5) is 96.0. The maximum atomic E-state index is 14.2. The van der Waals surface area contributed by atoms with Gasteiger partial charge in [0.15, 0.2) is 49.2 Å². The Labute approximate surface area is 423 Å². The van der Waals surface area contributed by atoms with Crippen molar-refractivity contribution in [2.24, 2.45) is 0 Å². The van der Waals surface area contributed by atoms with Crippen LogP contribution in [0.5, 0.6) is 0 Å². The first kappa shape index (κ1) is 51.8. The summed E-state index contributed by atoms with van der Waals surface area (Å²) >= 11 is 0. The molecule has 6 aromatic carbocycles. The minimum atomic E-state index is -2.06. The molecule has 8 rings (SSSR count). The number of carbonyl (C=O) groups excluding carboxylic acids is 7. The van der Waals surface area contributed by atoms with Crippen molar-refractivity contribution in [3.8, 4) is 0 Å². The van der Waals surface area contributed by atoms with Crippen LogP contribution in [-0.2, 0) is 52.2 Å². The summed E-state index contributed by atoms with van der Waals surface area (Å²) in [6, 6.07) is 46.5. The summed E-state index contributed by atoms with van der Waals surface area (Å²) in [5.41, 5.74) is 0.376. The van der Waals surface area contributed by atoms with E-state index in [1.165, 1.54) is 72.8 Å². The van der Waals surface area contributed by atoms with Crippen molar-refractivity contribution < 1.29 is 86.0 Å². The largest absolute Gasteiger partial charge is 0.459 e. The van der Waals surface area contributed by atoms with Crippen LogP contribution in [0.2, 0.25) is 0 Å². The number of ether oxygens (including phenoxy) is 10. The molecule has 2 aliphatic rings. The predicted molar refractivity (Wildman–Crippen MR) is 256 cm³/mol. The van der Waals surface area contributed by atoms with Gasteiger partial charge in [-0.1, -0.05) is 109 Å². The molecule has 0 spiro atoms. The van der Waals surface area contributed by atoms with Gasteiger partial charge in [-0.15, -0.1) is 0 Å². The zero-order valence-corrected chi connectivity index (χ0v) is 39.4. The third-order valence-corrected chi connectivity index (χ3v) is 11.6. The quantitative estimate of drug-likeness (QED) is 0.0773. The van der Waals surface area contributed by atoms with Crippen LogP contribution in [-0.4, -0.2) is 122 Å². The Bertz CT molecular complexity index is 2850. The number of rotatable bonds is 17. The van der Waals surface area contributed by atoms with Gasteiger partial charge in [0.05, 0.1) is 40.0 Å². The molecule has 6 aromatic rings. The Kier molecular flexibility index (Phi) is 17.3. The molecule has 2 fully saturated rings. The van der Waals surface area contributed by atoms with Gasteiger partial charge in [-0.25, -0.2) is 28.8 Å². The van der Waals surface area contributed by atoms with Crippen LogP contribution >= 0.6 is 0 Å². The molecule has 0 bridgehead atoms. The Hall–Kier alpha value is -8.55. The van der Waals surface area contributed by atoms with Crippen LogP contribution in [0.15, 0.2) is 182 Å². The highest BCUT2D eigenvalue weighted by atomic mass is 16.7. The van der Waals surface area contributed by atoms with Crippen LogP contribution < -0.4 is 0 Å². The molecule has 2 heterocycles. The second kappa shape index (κ2) is 24.7. The molecular weight excluding hydrogens is 961 g/mol. The van der Waals surface area contributed by atoms with E-state index in [9.17, 15) is 38.7 Å². The van der Waals surface area contributed by atoms with Crippen LogP contribution in [0.1, 0.15) is 69.1 Å². The monoisotopic (exact) mass is 1010 g/mol. The summed E-state index contributed by atoms with van der Waals surface area (Å²) in [5.74, 6) is -6.53. The maximum absolute atomic E-state index is 14.2. The lowest BCUT2D eigenvalue weighted by Gasteiger charge is -2.46. The van der Waals surface area contributed by atoms with E-state index < -0.39 is 116 Å². The molecule has 2 saturated heterocycles. The number of aliphatic hydroxyl groups is 1. The highest BCUT2D eigenvalue weighted by Crippen LogP contribution is 2.34. The molecule has 0 aliphatic carbocycles. The Morgan fingerprint density at radius 1 is 0.365 bits per heavy atom.